The molecule has 1 amide bonds. The van der Waals surface area contributed by atoms with Crippen molar-refractivity contribution in [3.63, 3.8) is 0 Å². The number of carboxylic acid groups (broad SMARTS) is 1. The van der Waals surface area contributed by atoms with Crippen LogP contribution in [0.1, 0.15) is 19.8 Å². The van der Waals surface area contributed by atoms with Crippen LogP contribution in [0.5, 0.6) is 5.75 Å². The van der Waals surface area contributed by atoms with Gasteiger partial charge in [-0.15, -0.1) is 0 Å². The molecule has 110 valence electrons. The van der Waals surface area contributed by atoms with Gasteiger partial charge in [-0.25, -0.2) is 4.79 Å². The standard InChI is InChI=1S/C14H18INO4/c1-10(14(18)19)16(2)13(17)4-3-9-20-12-7-5-11(15)6-8-12/h5-8,10H,3-4,9H2,1-2H3,(H,18,19). The highest BCUT2D eigenvalue weighted by molar-refractivity contribution is 14.1. The fourth-order valence-corrected chi connectivity index (χ4v) is 1.86. The second kappa shape index (κ2) is 8.08. The van der Waals surface area contributed by atoms with E-state index >= 15 is 0 Å². The van der Waals surface area contributed by atoms with E-state index in [0.29, 0.717) is 13.0 Å². The number of benzene rings is 1. The first-order valence-corrected chi connectivity index (χ1v) is 7.36. The second-order valence-electron chi connectivity index (χ2n) is 4.42. The van der Waals surface area contributed by atoms with Crippen LogP contribution in [-0.2, 0) is 9.59 Å². The maximum Gasteiger partial charge on any atom is 0.326 e. The Kier molecular flexibility index (Phi) is 6.77. The Morgan fingerprint density at radius 1 is 1.35 bits per heavy atom. The van der Waals surface area contributed by atoms with Gasteiger partial charge in [-0.2, -0.15) is 0 Å². The lowest BCUT2D eigenvalue weighted by Crippen LogP contribution is -2.40. The summed E-state index contributed by atoms with van der Waals surface area (Å²) in [5, 5.41) is 8.82. The van der Waals surface area contributed by atoms with Crippen molar-refractivity contribution in [3.05, 3.63) is 27.8 Å². The molecule has 0 saturated heterocycles. The Hall–Kier alpha value is -1.31. The Bertz CT molecular complexity index is 461. The van der Waals surface area contributed by atoms with Gasteiger partial charge >= 0.3 is 5.97 Å². The number of carbonyl (C=O) groups is 2. The molecule has 0 aliphatic carbocycles. The third-order valence-electron chi connectivity index (χ3n) is 2.95. The molecule has 0 aliphatic rings. The lowest BCUT2D eigenvalue weighted by atomic mass is 10.2. The lowest BCUT2D eigenvalue weighted by molar-refractivity contribution is -0.148. The summed E-state index contributed by atoms with van der Waals surface area (Å²) in [4.78, 5) is 23.8. The third kappa shape index (κ3) is 5.36. The summed E-state index contributed by atoms with van der Waals surface area (Å²) in [7, 11) is 1.50. The molecular weight excluding hydrogens is 373 g/mol. The number of hydrogen-bond donors (Lipinski definition) is 1. The molecule has 1 atom stereocenters. The van der Waals surface area contributed by atoms with Gasteiger partial charge in [0.1, 0.15) is 11.8 Å². The van der Waals surface area contributed by atoms with E-state index in [9.17, 15) is 9.59 Å². The van der Waals surface area contributed by atoms with Gasteiger partial charge in [0.2, 0.25) is 5.91 Å². The van der Waals surface area contributed by atoms with Crippen LogP contribution in [0.4, 0.5) is 0 Å². The minimum Gasteiger partial charge on any atom is -0.494 e. The van der Waals surface area contributed by atoms with Crippen molar-refractivity contribution >= 4 is 34.5 Å². The Labute approximate surface area is 132 Å². The molecule has 20 heavy (non-hydrogen) atoms. The third-order valence-corrected chi connectivity index (χ3v) is 3.67. The molecule has 0 aliphatic heterocycles. The van der Waals surface area contributed by atoms with Crippen LogP contribution in [0.15, 0.2) is 24.3 Å². The van der Waals surface area contributed by atoms with E-state index in [1.54, 1.807) is 0 Å². The number of hydrogen-bond acceptors (Lipinski definition) is 3. The van der Waals surface area contributed by atoms with Crippen molar-refractivity contribution in [1.29, 1.82) is 0 Å². The zero-order chi connectivity index (χ0) is 15.1. The number of halogens is 1. The normalized spacial score (nSPS) is 11.8. The molecule has 0 bridgehead atoms. The van der Waals surface area contributed by atoms with Crippen LogP contribution >= 0.6 is 22.6 Å². The smallest absolute Gasteiger partial charge is 0.326 e. The average molecular weight is 391 g/mol. The second-order valence-corrected chi connectivity index (χ2v) is 5.67. The molecule has 0 spiro atoms. The van der Waals surface area contributed by atoms with Crippen LogP contribution in [0.3, 0.4) is 0 Å². The molecule has 6 heteroatoms. The summed E-state index contributed by atoms with van der Waals surface area (Å²) < 4.78 is 6.64. The minimum atomic E-state index is -1.00. The SMILES string of the molecule is CC(C(=O)O)N(C)C(=O)CCCOc1ccc(I)cc1. The number of carboxylic acids is 1. The maximum absolute atomic E-state index is 11.8. The van der Waals surface area contributed by atoms with E-state index in [1.165, 1.54) is 18.9 Å². The summed E-state index contributed by atoms with van der Waals surface area (Å²) in [5.41, 5.74) is 0. The molecule has 0 radical (unpaired) electrons. The molecule has 1 aromatic carbocycles. The van der Waals surface area contributed by atoms with Crippen molar-refractivity contribution < 1.29 is 19.4 Å². The molecular formula is C14H18INO4. The summed E-state index contributed by atoms with van der Waals surface area (Å²) in [6.45, 7) is 1.92. The van der Waals surface area contributed by atoms with Gasteiger partial charge in [-0.3, -0.25) is 4.79 Å². The molecule has 1 rings (SSSR count). The highest BCUT2D eigenvalue weighted by Crippen LogP contribution is 2.14. The van der Waals surface area contributed by atoms with E-state index in [0.717, 1.165) is 9.32 Å². The van der Waals surface area contributed by atoms with Gasteiger partial charge in [0.05, 0.1) is 6.61 Å². The van der Waals surface area contributed by atoms with Crippen molar-refractivity contribution in [2.75, 3.05) is 13.7 Å². The highest BCUT2D eigenvalue weighted by Gasteiger charge is 2.20. The van der Waals surface area contributed by atoms with Crippen molar-refractivity contribution in [1.82, 2.24) is 4.90 Å². The lowest BCUT2D eigenvalue weighted by Gasteiger charge is -2.21. The summed E-state index contributed by atoms with van der Waals surface area (Å²) in [6.07, 6.45) is 0.833. The van der Waals surface area contributed by atoms with E-state index in [2.05, 4.69) is 22.6 Å². The summed E-state index contributed by atoms with van der Waals surface area (Å²) in [6, 6.07) is 6.84. The number of rotatable bonds is 7. The number of likely N-dealkylation sites (N-methyl/N-ethyl adjacent to an activating group) is 1. The summed E-state index contributed by atoms with van der Waals surface area (Å²) >= 11 is 2.21. The predicted octanol–water partition coefficient (Wildman–Crippen LogP) is 2.38. The molecule has 0 aromatic heterocycles. The van der Waals surface area contributed by atoms with Gasteiger partial charge in [-0.1, -0.05) is 0 Å². The van der Waals surface area contributed by atoms with Crippen LogP contribution in [0.25, 0.3) is 0 Å². The molecule has 0 heterocycles. The molecule has 1 unspecified atom stereocenters. The Morgan fingerprint density at radius 2 is 1.95 bits per heavy atom. The van der Waals surface area contributed by atoms with Crippen LogP contribution < -0.4 is 4.74 Å². The number of amides is 1. The fourth-order valence-electron chi connectivity index (χ4n) is 1.50. The van der Waals surface area contributed by atoms with Crippen molar-refractivity contribution in [2.24, 2.45) is 0 Å². The average Bonchev–Trinajstić information content (AvgIpc) is 2.43. The van der Waals surface area contributed by atoms with Crippen LogP contribution in [-0.4, -0.2) is 41.6 Å². The van der Waals surface area contributed by atoms with Gasteiger partial charge < -0.3 is 14.7 Å². The number of ether oxygens (including phenoxy) is 1. The van der Waals surface area contributed by atoms with Gasteiger partial charge in [-0.05, 0) is 60.2 Å². The fraction of sp³-hybridized carbons (Fsp3) is 0.429. The van der Waals surface area contributed by atoms with Crippen LogP contribution in [0, 0.1) is 3.57 Å². The first kappa shape index (κ1) is 16.7. The topological polar surface area (TPSA) is 66.8 Å². The zero-order valence-electron chi connectivity index (χ0n) is 11.5. The van der Waals surface area contributed by atoms with E-state index in [4.69, 9.17) is 9.84 Å². The van der Waals surface area contributed by atoms with Gasteiger partial charge in [0, 0.05) is 17.0 Å². The minimum absolute atomic E-state index is 0.189. The van der Waals surface area contributed by atoms with Crippen LogP contribution in [0.2, 0.25) is 0 Å². The first-order chi connectivity index (χ1) is 9.41. The quantitative estimate of drug-likeness (QED) is 0.573. The Morgan fingerprint density at radius 3 is 2.50 bits per heavy atom. The maximum atomic E-state index is 11.8. The molecule has 0 fully saturated rings. The van der Waals surface area contributed by atoms with E-state index in [1.807, 2.05) is 24.3 Å². The first-order valence-electron chi connectivity index (χ1n) is 6.28. The molecule has 5 nitrogen and oxygen atoms in total. The summed E-state index contributed by atoms with van der Waals surface area (Å²) in [5.74, 6) is -0.424. The van der Waals surface area contributed by atoms with E-state index in [-0.39, 0.29) is 12.3 Å². The monoisotopic (exact) mass is 391 g/mol. The predicted molar refractivity (Wildman–Crippen MR) is 83.8 cm³/mol. The van der Waals surface area contributed by atoms with Crippen molar-refractivity contribution in [3.8, 4) is 5.75 Å². The Balaban J connectivity index is 2.28. The van der Waals surface area contributed by atoms with E-state index < -0.39 is 12.0 Å². The number of nitrogens with zero attached hydrogens (tertiary/aromatic N) is 1. The molecule has 0 saturated carbocycles. The molecule has 1 aromatic rings. The number of carbonyl (C=O) groups excluding carboxylic acids is 1. The van der Waals surface area contributed by atoms with Crippen molar-refractivity contribution in [2.45, 2.75) is 25.8 Å². The largest absolute Gasteiger partial charge is 0.494 e. The zero-order valence-corrected chi connectivity index (χ0v) is 13.7. The van der Waals surface area contributed by atoms with Gasteiger partial charge in [0.25, 0.3) is 0 Å². The molecule has 1 N–H and O–H groups in total. The number of aliphatic carboxylic acids is 1. The van der Waals surface area contributed by atoms with Gasteiger partial charge in [0.15, 0.2) is 0 Å². The highest BCUT2D eigenvalue weighted by atomic mass is 127.